The Morgan fingerprint density at radius 1 is 1.31 bits per heavy atom. The Balaban J connectivity index is 1.94. The number of methoxy groups -OCH3 is 1. The minimum absolute atomic E-state index is 0.00191. The van der Waals surface area contributed by atoms with Crippen molar-refractivity contribution in [3.05, 3.63) is 63.7 Å². The third kappa shape index (κ3) is 5.14. The van der Waals surface area contributed by atoms with Gasteiger partial charge in [-0.3, -0.25) is 10.1 Å². The number of nitro groups is 1. The van der Waals surface area contributed by atoms with Gasteiger partial charge in [-0.1, -0.05) is 42.2 Å². The molecular weight excluding hydrogens is 338 g/mol. The van der Waals surface area contributed by atoms with Crippen LogP contribution >= 0.6 is 0 Å². The van der Waals surface area contributed by atoms with E-state index in [2.05, 4.69) is 17.2 Å². The van der Waals surface area contributed by atoms with Crippen LogP contribution in [-0.2, 0) is 11.3 Å². The molecule has 0 unspecified atom stereocenters. The van der Waals surface area contributed by atoms with Crippen LogP contribution in [-0.4, -0.2) is 24.7 Å². The van der Waals surface area contributed by atoms with Gasteiger partial charge in [-0.25, -0.2) is 4.79 Å². The molecule has 0 saturated carbocycles. The van der Waals surface area contributed by atoms with Crippen LogP contribution < -0.4 is 15.8 Å². The Kier molecular flexibility index (Phi) is 6.40. The maximum Gasteiger partial charge on any atom is 0.408 e. The summed E-state index contributed by atoms with van der Waals surface area (Å²) < 4.78 is 10.0. The monoisotopic (exact) mass is 355 g/mol. The molecule has 1 amide bonds. The lowest BCUT2D eigenvalue weighted by molar-refractivity contribution is -0.384. The molecule has 2 aromatic rings. The van der Waals surface area contributed by atoms with E-state index < -0.39 is 11.0 Å². The predicted octanol–water partition coefficient (Wildman–Crippen LogP) is 2.46. The lowest BCUT2D eigenvalue weighted by Gasteiger charge is -2.05. The molecule has 2 aromatic carbocycles. The number of ether oxygens (including phenoxy) is 2. The minimum atomic E-state index is -0.618. The molecule has 2 rings (SSSR count). The van der Waals surface area contributed by atoms with Crippen molar-refractivity contribution in [3.63, 3.8) is 0 Å². The molecule has 0 aromatic heterocycles. The summed E-state index contributed by atoms with van der Waals surface area (Å²) in [6, 6.07) is 12.0. The molecule has 0 bridgehead atoms. The van der Waals surface area contributed by atoms with Gasteiger partial charge in [0.05, 0.1) is 30.2 Å². The Bertz CT molecular complexity index is 856. The number of hydrogen-bond donors (Lipinski definition) is 2. The molecule has 0 aliphatic rings. The van der Waals surface area contributed by atoms with Crippen LogP contribution in [0.25, 0.3) is 0 Å². The van der Waals surface area contributed by atoms with Gasteiger partial charge in [0, 0.05) is 0 Å². The fourth-order valence-electron chi connectivity index (χ4n) is 2.01. The number of nitrogen functional groups attached to an aromatic ring is 1. The number of hydrogen-bond acceptors (Lipinski definition) is 6. The number of nitrogens with zero attached hydrogens (tertiary/aromatic N) is 1. The normalized spacial score (nSPS) is 9.58. The van der Waals surface area contributed by atoms with Crippen LogP contribution in [0.1, 0.15) is 11.1 Å². The second-order valence-corrected chi connectivity index (χ2v) is 5.08. The van der Waals surface area contributed by atoms with Crippen molar-refractivity contribution in [1.29, 1.82) is 0 Å². The third-order valence-corrected chi connectivity index (χ3v) is 3.32. The molecule has 8 nitrogen and oxygen atoms in total. The van der Waals surface area contributed by atoms with Gasteiger partial charge in [0.1, 0.15) is 18.0 Å². The number of alkyl carbamates (subject to hydrolysis) is 1. The van der Waals surface area contributed by atoms with Crippen molar-refractivity contribution in [3.8, 4) is 17.6 Å². The zero-order chi connectivity index (χ0) is 18.9. The molecule has 0 aliphatic carbocycles. The van der Waals surface area contributed by atoms with Crippen LogP contribution in [0.5, 0.6) is 5.75 Å². The second kappa shape index (κ2) is 8.94. The number of nitro benzene ring substituents is 1. The number of nitrogens with one attached hydrogen (secondary N) is 1. The van der Waals surface area contributed by atoms with Crippen LogP contribution in [0.2, 0.25) is 0 Å². The third-order valence-electron chi connectivity index (χ3n) is 3.32. The predicted molar refractivity (Wildman–Crippen MR) is 95.6 cm³/mol. The lowest BCUT2D eigenvalue weighted by atomic mass is 10.1. The zero-order valence-corrected chi connectivity index (χ0v) is 14.0. The summed E-state index contributed by atoms with van der Waals surface area (Å²) in [5, 5.41) is 13.5. The molecule has 0 fully saturated rings. The highest BCUT2D eigenvalue weighted by molar-refractivity contribution is 5.71. The first-order valence-corrected chi connectivity index (χ1v) is 7.56. The number of anilines is 1. The fourth-order valence-corrected chi connectivity index (χ4v) is 2.01. The molecule has 0 spiro atoms. The minimum Gasteiger partial charge on any atom is -0.496 e. The molecule has 8 heteroatoms. The number of benzene rings is 2. The fraction of sp³-hybridized carbons (Fsp3) is 0.167. The molecule has 0 atom stereocenters. The van der Waals surface area contributed by atoms with Gasteiger partial charge in [0.25, 0.3) is 5.69 Å². The maximum absolute atomic E-state index is 11.6. The molecule has 3 N–H and O–H groups in total. The molecule has 0 heterocycles. The van der Waals surface area contributed by atoms with E-state index in [0.29, 0.717) is 0 Å². The van der Waals surface area contributed by atoms with Gasteiger partial charge in [-0.2, -0.15) is 0 Å². The van der Waals surface area contributed by atoms with Crippen LogP contribution in [0, 0.1) is 22.0 Å². The molecule has 26 heavy (non-hydrogen) atoms. The van der Waals surface area contributed by atoms with Crippen molar-refractivity contribution in [2.45, 2.75) is 6.61 Å². The van der Waals surface area contributed by atoms with E-state index in [4.69, 9.17) is 15.2 Å². The average molecular weight is 355 g/mol. The van der Waals surface area contributed by atoms with Crippen LogP contribution in [0.15, 0.2) is 42.5 Å². The van der Waals surface area contributed by atoms with Gasteiger partial charge in [-0.15, -0.1) is 0 Å². The van der Waals surface area contributed by atoms with E-state index in [1.165, 1.54) is 19.2 Å². The Labute approximate surface area is 150 Å². The molecule has 0 saturated heterocycles. The Hall–Kier alpha value is -3.73. The van der Waals surface area contributed by atoms with E-state index >= 15 is 0 Å². The van der Waals surface area contributed by atoms with Crippen molar-refractivity contribution >= 4 is 17.5 Å². The number of carbonyl (C=O) groups excluding carboxylic acids is 1. The number of nitrogens with two attached hydrogens (primary N) is 1. The largest absolute Gasteiger partial charge is 0.496 e. The SMILES string of the molecule is COc1cc(C#CCNC(=O)OCc2ccccc2)c(N)c([N+](=O)[O-])c1. The van der Waals surface area contributed by atoms with E-state index in [9.17, 15) is 14.9 Å². The van der Waals surface area contributed by atoms with E-state index in [1.54, 1.807) is 0 Å². The van der Waals surface area contributed by atoms with Crippen molar-refractivity contribution in [2.75, 3.05) is 19.4 Å². The topological polar surface area (TPSA) is 117 Å². The van der Waals surface area contributed by atoms with Gasteiger partial charge < -0.3 is 20.5 Å². The van der Waals surface area contributed by atoms with Crippen molar-refractivity contribution < 1.29 is 19.2 Å². The van der Waals surface area contributed by atoms with Gasteiger partial charge >= 0.3 is 6.09 Å². The summed E-state index contributed by atoms with van der Waals surface area (Å²) in [4.78, 5) is 22.0. The van der Waals surface area contributed by atoms with Crippen molar-refractivity contribution in [1.82, 2.24) is 5.32 Å². The number of amides is 1. The zero-order valence-electron chi connectivity index (χ0n) is 14.0. The molecule has 0 radical (unpaired) electrons. The van der Waals surface area contributed by atoms with Gasteiger partial charge in [-0.05, 0) is 11.6 Å². The highest BCUT2D eigenvalue weighted by atomic mass is 16.6. The summed E-state index contributed by atoms with van der Waals surface area (Å²) in [6.45, 7) is 0.146. The van der Waals surface area contributed by atoms with Crippen LogP contribution in [0.4, 0.5) is 16.2 Å². The highest BCUT2D eigenvalue weighted by Crippen LogP contribution is 2.30. The summed E-state index contributed by atoms with van der Waals surface area (Å²) in [7, 11) is 1.39. The summed E-state index contributed by atoms with van der Waals surface area (Å²) >= 11 is 0. The summed E-state index contributed by atoms with van der Waals surface area (Å²) in [6.07, 6.45) is -0.618. The average Bonchev–Trinajstić information content (AvgIpc) is 2.65. The van der Waals surface area contributed by atoms with Gasteiger partial charge in [0.2, 0.25) is 0 Å². The van der Waals surface area contributed by atoms with E-state index in [0.717, 1.165) is 5.56 Å². The maximum atomic E-state index is 11.6. The van der Waals surface area contributed by atoms with Crippen LogP contribution in [0.3, 0.4) is 0 Å². The smallest absolute Gasteiger partial charge is 0.408 e. The first kappa shape index (κ1) is 18.6. The summed E-state index contributed by atoms with van der Waals surface area (Å²) in [5.41, 5.74) is 6.51. The molecule has 134 valence electrons. The molecule has 0 aliphatic heterocycles. The van der Waals surface area contributed by atoms with Crippen molar-refractivity contribution in [2.24, 2.45) is 0 Å². The molecular formula is C18H17N3O5. The Morgan fingerprint density at radius 2 is 2.04 bits per heavy atom. The standard InChI is InChI=1S/C18H17N3O5/c1-25-15-10-14(17(19)16(11-15)21(23)24)8-5-9-20-18(22)26-12-13-6-3-2-4-7-13/h2-4,6-7,10-11H,9,12,19H2,1H3,(H,20,22). The first-order chi connectivity index (χ1) is 12.5. The first-order valence-electron chi connectivity index (χ1n) is 7.56. The van der Waals surface area contributed by atoms with E-state index in [-0.39, 0.29) is 35.8 Å². The highest BCUT2D eigenvalue weighted by Gasteiger charge is 2.16. The van der Waals surface area contributed by atoms with Gasteiger partial charge in [0.15, 0.2) is 0 Å². The summed E-state index contributed by atoms with van der Waals surface area (Å²) in [5.74, 6) is 5.62. The Morgan fingerprint density at radius 3 is 2.69 bits per heavy atom. The second-order valence-electron chi connectivity index (χ2n) is 5.08. The van der Waals surface area contributed by atoms with E-state index in [1.807, 2.05) is 30.3 Å². The lowest BCUT2D eigenvalue weighted by Crippen LogP contribution is -2.24. The number of carbonyl (C=O) groups is 1. The quantitative estimate of drug-likeness (QED) is 0.368. The number of rotatable bonds is 5.